The summed E-state index contributed by atoms with van der Waals surface area (Å²) in [6.45, 7) is 2.90. The first-order chi connectivity index (χ1) is 13.2. The Morgan fingerprint density at radius 3 is 2.74 bits per heavy atom. The fourth-order valence-electron chi connectivity index (χ4n) is 3.81. The first-order valence-corrected chi connectivity index (χ1v) is 9.56. The Hall–Kier alpha value is -2.69. The molecule has 0 atom stereocenters. The highest BCUT2D eigenvalue weighted by Gasteiger charge is 2.27. The summed E-state index contributed by atoms with van der Waals surface area (Å²) in [5, 5.41) is 0. The van der Waals surface area contributed by atoms with E-state index < -0.39 is 0 Å². The smallest absolute Gasteiger partial charge is 0.261 e. The van der Waals surface area contributed by atoms with Gasteiger partial charge < -0.3 is 19.1 Å². The van der Waals surface area contributed by atoms with Crippen LogP contribution in [0.25, 0.3) is 0 Å². The Kier molecular flexibility index (Phi) is 5.19. The lowest BCUT2D eigenvalue weighted by molar-refractivity contribution is -0.136. The number of rotatable bonds is 6. The van der Waals surface area contributed by atoms with Crippen LogP contribution in [0.2, 0.25) is 0 Å². The van der Waals surface area contributed by atoms with Crippen LogP contribution in [0.1, 0.15) is 36.8 Å². The highest BCUT2D eigenvalue weighted by molar-refractivity contribution is 5.78. The first-order valence-electron chi connectivity index (χ1n) is 9.56. The van der Waals surface area contributed by atoms with Gasteiger partial charge in [0.1, 0.15) is 5.75 Å². The van der Waals surface area contributed by atoms with Crippen LogP contribution in [0.15, 0.2) is 42.5 Å². The molecule has 2 aromatic carbocycles. The molecule has 2 aliphatic rings. The molecule has 142 valence electrons. The molecule has 0 unspecified atom stereocenters. The highest BCUT2D eigenvalue weighted by atomic mass is 16.7. The number of carbonyl (C=O) groups is 1. The van der Waals surface area contributed by atoms with Crippen LogP contribution in [0.5, 0.6) is 17.2 Å². The molecule has 4 rings (SSSR count). The van der Waals surface area contributed by atoms with Crippen molar-refractivity contribution < 1.29 is 19.0 Å². The minimum atomic E-state index is 0.0288. The number of aryl methyl sites for hydroxylation is 1. The lowest BCUT2D eigenvalue weighted by Gasteiger charge is -2.29. The van der Waals surface area contributed by atoms with Crippen LogP contribution in [0.3, 0.4) is 0 Å². The topological polar surface area (TPSA) is 48.0 Å². The molecular weight excluding hydrogens is 342 g/mol. The monoisotopic (exact) mass is 367 g/mol. The van der Waals surface area contributed by atoms with Gasteiger partial charge >= 0.3 is 0 Å². The fraction of sp³-hybridized carbons (Fsp3) is 0.409. The second-order valence-electron chi connectivity index (χ2n) is 7.25. The summed E-state index contributed by atoms with van der Waals surface area (Å²) in [6.07, 6.45) is 4.46. The van der Waals surface area contributed by atoms with Crippen molar-refractivity contribution in [1.82, 2.24) is 4.90 Å². The van der Waals surface area contributed by atoms with E-state index in [2.05, 4.69) is 0 Å². The minimum absolute atomic E-state index is 0.0288. The van der Waals surface area contributed by atoms with E-state index in [1.807, 2.05) is 54.3 Å². The van der Waals surface area contributed by atoms with Crippen molar-refractivity contribution in [3.63, 3.8) is 0 Å². The zero-order chi connectivity index (χ0) is 18.6. The Morgan fingerprint density at radius 2 is 1.93 bits per heavy atom. The molecular formula is C22H25NO4. The number of amides is 1. The summed E-state index contributed by atoms with van der Waals surface area (Å²) in [4.78, 5) is 14.9. The van der Waals surface area contributed by atoms with Gasteiger partial charge in [-0.15, -0.1) is 0 Å². The molecule has 5 heteroatoms. The van der Waals surface area contributed by atoms with Gasteiger partial charge in [-0.25, -0.2) is 0 Å². The molecule has 2 aromatic rings. The molecule has 1 fully saturated rings. The summed E-state index contributed by atoms with van der Waals surface area (Å²) in [5.41, 5.74) is 2.17. The van der Waals surface area contributed by atoms with Crippen molar-refractivity contribution in [2.24, 2.45) is 0 Å². The van der Waals surface area contributed by atoms with E-state index >= 15 is 0 Å². The first kappa shape index (κ1) is 17.7. The predicted molar refractivity (Wildman–Crippen MR) is 102 cm³/mol. The van der Waals surface area contributed by atoms with Crippen LogP contribution in [0.4, 0.5) is 0 Å². The molecule has 0 N–H and O–H groups in total. The van der Waals surface area contributed by atoms with E-state index in [0.29, 0.717) is 6.54 Å². The standard InChI is InChI=1S/C22H25NO4/c1-16-5-4-8-19(11-16)25-14-22(24)23(18-6-2-3-7-18)13-17-9-10-20-21(12-17)27-15-26-20/h4-5,8-12,18H,2-3,6-7,13-15H2,1H3. The molecule has 1 heterocycles. The molecule has 0 spiro atoms. The molecule has 1 saturated carbocycles. The lowest BCUT2D eigenvalue weighted by atomic mass is 10.1. The number of ether oxygens (including phenoxy) is 3. The van der Waals surface area contributed by atoms with Gasteiger partial charge in [0, 0.05) is 12.6 Å². The van der Waals surface area contributed by atoms with Crippen molar-refractivity contribution in [1.29, 1.82) is 0 Å². The van der Waals surface area contributed by atoms with Crippen LogP contribution in [-0.4, -0.2) is 30.2 Å². The number of carbonyl (C=O) groups excluding carboxylic acids is 1. The maximum Gasteiger partial charge on any atom is 0.261 e. The Morgan fingerprint density at radius 1 is 1.11 bits per heavy atom. The van der Waals surface area contributed by atoms with E-state index in [1.54, 1.807) is 0 Å². The van der Waals surface area contributed by atoms with Gasteiger partial charge in [0.2, 0.25) is 6.79 Å². The predicted octanol–water partition coefficient (Wildman–Crippen LogP) is 4.07. The number of benzene rings is 2. The van der Waals surface area contributed by atoms with Crippen LogP contribution in [-0.2, 0) is 11.3 Å². The minimum Gasteiger partial charge on any atom is -0.484 e. The summed E-state index contributed by atoms with van der Waals surface area (Å²) < 4.78 is 16.6. The SMILES string of the molecule is Cc1cccc(OCC(=O)N(Cc2ccc3c(c2)OCO3)C2CCCC2)c1. The van der Waals surface area contributed by atoms with Crippen molar-refractivity contribution in [2.75, 3.05) is 13.4 Å². The van der Waals surface area contributed by atoms with Gasteiger partial charge in [-0.1, -0.05) is 31.0 Å². The summed E-state index contributed by atoms with van der Waals surface area (Å²) in [6, 6.07) is 14.0. The van der Waals surface area contributed by atoms with Crippen molar-refractivity contribution in [2.45, 2.75) is 45.2 Å². The van der Waals surface area contributed by atoms with E-state index in [0.717, 1.165) is 41.2 Å². The van der Waals surface area contributed by atoms with Gasteiger partial charge in [-0.2, -0.15) is 0 Å². The third-order valence-corrected chi connectivity index (χ3v) is 5.23. The van der Waals surface area contributed by atoms with E-state index in [-0.39, 0.29) is 25.3 Å². The zero-order valence-corrected chi connectivity index (χ0v) is 15.6. The third-order valence-electron chi connectivity index (χ3n) is 5.23. The summed E-state index contributed by atoms with van der Waals surface area (Å²) in [7, 11) is 0. The third kappa shape index (κ3) is 4.18. The second kappa shape index (κ2) is 7.91. The average molecular weight is 367 g/mol. The largest absolute Gasteiger partial charge is 0.484 e. The molecule has 1 aliphatic heterocycles. The maximum absolute atomic E-state index is 13.0. The molecule has 1 amide bonds. The average Bonchev–Trinajstić information content (AvgIpc) is 3.35. The molecule has 0 bridgehead atoms. The van der Waals surface area contributed by atoms with Gasteiger partial charge in [0.05, 0.1) is 0 Å². The Balaban J connectivity index is 1.46. The number of nitrogens with zero attached hydrogens (tertiary/aromatic N) is 1. The zero-order valence-electron chi connectivity index (χ0n) is 15.6. The fourth-order valence-corrected chi connectivity index (χ4v) is 3.81. The molecule has 1 aliphatic carbocycles. The molecule has 5 nitrogen and oxygen atoms in total. The molecule has 27 heavy (non-hydrogen) atoms. The Bertz CT molecular complexity index is 814. The molecule has 0 aromatic heterocycles. The lowest BCUT2D eigenvalue weighted by Crippen LogP contribution is -2.41. The highest BCUT2D eigenvalue weighted by Crippen LogP contribution is 2.33. The van der Waals surface area contributed by atoms with Crippen molar-refractivity contribution in [3.8, 4) is 17.2 Å². The van der Waals surface area contributed by atoms with E-state index in [4.69, 9.17) is 14.2 Å². The summed E-state index contributed by atoms with van der Waals surface area (Å²) in [5.74, 6) is 2.28. The van der Waals surface area contributed by atoms with Gasteiger partial charge in [-0.05, 0) is 55.2 Å². The van der Waals surface area contributed by atoms with Crippen LogP contribution in [0, 0.1) is 6.92 Å². The van der Waals surface area contributed by atoms with Gasteiger partial charge in [-0.3, -0.25) is 4.79 Å². The summed E-state index contributed by atoms with van der Waals surface area (Å²) >= 11 is 0. The Labute approximate surface area is 159 Å². The van der Waals surface area contributed by atoms with E-state index in [9.17, 15) is 4.79 Å². The normalized spacial score (nSPS) is 15.7. The van der Waals surface area contributed by atoms with E-state index in [1.165, 1.54) is 12.8 Å². The van der Waals surface area contributed by atoms with Crippen molar-refractivity contribution >= 4 is 5.91 Å². The number of hydrogen-bond acceptors (Lipinski definition) is 4. The van der Waals surface area contributed by atoms with Gasteiger partial charge in [0.25, 0.3) is 5.91 Å². The van der Waals surface area contributed by atoms with Crippen LogP contribution < -0.4 is 14.2 Å². The quantitative estimate of drug-likeness (QED) is 0.772. The van der Waals surface area contributed by atoms with Crippen molar-refractivity contribution in [3.05, 3.63) is 53.6 Å². The maximum atomic E-state index is 13.0. The number of fused-ring (bicyclic) bond motifs is 1. The molecule has 0 radical (unpaired) electrons. The second-order valence-corrected chi connectivity index (χ2v) is 7.25. The molecule has 0 saturated heterocycles. The van der Waals surface area contributed by atoms with Crippen LogP contribution >= 0.6 is 0 Å². The van der Waals surface area contributed by atoms with Gasteiger partial charge in [0.15, 0.2) is 18.1 Å². The number of hydrogen-bond donors (Lipinski definition) is 0.